The molecule has 0 saturated heterocycles. The van der Waals surface area contributed by atoms with E-state index in [2.05, 4.69) is 12.2 Å². The minimum absolute atomic E-state index is 0.772. The van der Waals surface area contributed by atoms with E-state index in [1.54, 1.807) is 38.5 Å². The van der Waals surface area contributed by atoms with E-state index in [4.69, 9.17) is 0 Å². The highest BCUT2D eigenvalue weighted by Crippen LogP contribution is 2.61. The van der Waals surface area contributed by atoms with Crippen molar-refractivity contribution >= 4 is 0 Å². The molecule has 3 saturated carbocycles. The van der Waals surface area contributed by atoms with Gasteiger partial charge in [-0.1, -0.05) is 32.6 Å². The van der Waals surface area contributed by atoms with Crippen LogP contribution in [0.4, 0.5) is 0 Å². The van der Waals surface area contributed by atoms with E-state index in [0.717, 1.165) is 23.2 Å². The van der Waals surface area contributed by atoms with Gasteiger partial charge in [0.1, 0.15) is 0 Å². The summed E-state index contributed by atoms with van der Waals surface area (Å²) in [6.07, 6.45) is 16.6. The van der Waals surface area contributed by atoms with E-state index in [1.165, 1.54) is 45.2 Å². The second-order valence-electron chi connectivity index (χ2n) is 7.80. The van der Waals surface area contributed by atoms with Crippen molar-refractivity contribution < 1.29 is 0 Å². The van der Waals surface area contributed by atoms with Crippen LogP contribution in [-0.4, -0.2) is 13.1 Å². The first-order chi connectivity index (χ1) is 9.32. The van der Waals surface area contributed by atoms with Gasteiger partial charge in [0.15, 0.2) is 0 Å². The number of hydrogen-bond donors (Lipinski definition) is 1. The summed E-state index contributed by atoms with van der Waals surface area (Å²) < 4.78 is 0. The second-order valence-corrected chi connectivity index (χ2v) is 7.80. The zero-order valence-corrected chi connectivity index (χ0v) is 12.9. The van der Waals surface area contributed by atoms with Crippen LogP contribution in [0.3, 0.4) is 0 Å². The number of fused-ring (bicyclic) bond motifs is 2. The molecule has 19 heavy (non-hydrogen) atoms. The van der Waals surface area contributed by atoms with Gasteiger partial charge in [0.2, 0.25) is 0 Å². The Balaban J connectivity index is 1.48. The largest absolute Gasteiger partial charge is 0.317 e. The lowest BCUT2D eigenvalue weighted by Crippen LogP contribution is -2.30. The molecule has 4 atom stereocenters. The highest BCUT2D eigenvalue weighted by molar-refractivity contribution is 5.02. The molecule has 0 aromatic rings. The van der Waals surface area contributed by atoms with E-state index in [9.17, 15) is 0 Å². The summed E-state index contributed by atoms with van der Waals surface area (Å²) in [4.78, 5) is 0. The van der Waals surface area contributed by atoms with E-state index in [-0.39, 0.29) is 0 Å². The first-order valence-corrected chi connectivity index (χ1v) is 9.03. The summed E-state index contributed by atoms with van der Waals surface area (Å²) >= 11 is 0. The van der Waals surface area contributed by atoms with Crippen LogP contribution in [0.5, 0.6) is 0 Å². The van der Waals surface area contributed by atoms with Crippen LogP contribution in [0.2, 0.25) is 0 Å². The smallest absolute Gasteiger partial charge is 0.00435 e. The first kappa shape index (κ1) is 13.9. The predicted octanol–water partition coefficient (Wildman–Crippen LogP) is 4.76. The molecule has 0 heterocycles. The van der Waals surface area contributed by atoms with Crippen LogP contribution in [0.15, 0.2) is 0 Å². The minimum Gasteiger partial charge on any atom is -0.317 e. The molecule has 3 aliphatic rings. The normalized spacial score (nSPS) is 40.6. The number of hydrogen-bond acceptors (Lipinski definition) is 1. The maximum absolute atomic E-state index is 3.72. The molecule has 0 aromatic carbocycles. The lowest BCUT2D eigenvalue weighted by atomic mass is 9.71. The van der Waals surface area contributed by atoms with Crippen LogP contribution in [0.25, 0.3) is 0 Å². The molecule has 0 amide bonds. The van der Waals surface area contributed by atoms with Crippen molar-refractivity contribution in [3.8, 4) is 0 Å². The van der Waals surface area contributed by atoms with Crippen LogP contribution in [0, 0.1) is 23.2 Å². The SMILES string of the molecule is CCCCCNCCC12CCCC3CC(CC1C3)C2. The van der Waals surface area contributed by atoms with Gasteiger partial charge < -0.3 is 5.32 Å². The molecular formula is C18H33N. The third-order valence-corrected chi connectivity index (χ3v) is 6.51. The Morgan fingerprint density at radius 1 is 1.05 bits per heavy atom. The lowest BCUT2D eigenvalue weighted by molar-refractivity contribution is 0.162. The molecule has 3 bridgehead atoms. The third-order valence-electron chi connectivity index (χ3n) is 6.51. The summed E-state index contributed by atoms with van der Waals surface area (Å²) in [7, 11) is 0. The van der Waals surface area contributed by atoms with Gasteiger partial charge in [0.25, 0.3) is 0 Å². The van der Waals surface area contributed by atoms with Gasteiger partial charge in [-0.05, 0) is 81.2 Å². The molecule has 0 aliphatic heterocycles. The van der Waals surface area contributed by atoms with Crippen LogP contribution in [-0.2, 0) is 0 Å². The molecule has 0 spiro atoms. The Bertz CT molecular complexity index is 287. The van der Waals surface area contributed by atoms with Crippen molar-refractivity contribution in [1.29, 1.82) is 0 Å². The Labute approximate surface area is 119 Å². The highest BCUT2D eigenvalue weighted by atomic mass is 14.8. The van der Waals surface area contributed by atoms with Crippen molar-refractivity contribution in [1.82, 2.24) is 5.32 Å². The monoisotopic (exact) mass is 263 g/mol. The van der Waals surface area contributed by atoms with Gasteiger partial charge in [0.05, 0.1) is 0 Å². The summed E-state index contributed by atoms with van der Waals surface area (Å²) in [6.45, 7) is 4.83. The van der Waals surface area contributed by atoms with E-state index in [1.807, 2.05) is 0 Å². The molecule has 0 aromatic heterocycles. The van der Waals surface area contributed by atoms with E-state index >= 15 is 0 Å². The molecule has 1 nitrogen and oxygen atoms in total. The predicted molar refractivity (Wildman–Crippen MR) is 82.2 cm³/mol. The number of unbranched alkanes of at least 4 members (excludes halogenated alkanes) is 2. The average molecular weight is 263 g/mol. The van der Waals surface area contributed by atoms with Gasteiger partial charge in [-0.2, -0.15) is 0 Å². The highest BCUT2D eigenvalue weighted by Gasteiger charge is 2.51. The fourth-order valence-corrected chi connectivity index (χ4v) is 5.65. The van der Waals surface area contributed by atoms with Gasteiger partial charge in [-0.15, -0.1) is 0 Å². The van der Waals surface area contributed by atoms with Gasteiger partial charge in [-0.3, -0.25) is 0 Å². The molecular weight excluding hydrogens is 230 g/mol. The standard InChI is InChI=1S/C18H33N/c1-2-3-4-9-19-10-8-18-7-5-6-15-11-16(14-18)13-17(18)12-15/h15-17,19H,2-14H2,1H3. The summed E-state index contributed by atoms with van der Waals surface area (Å²) in [5.74, 6) is 3.34. The van der Waals surface area contributed by atoms with Gasteiger partial charge in [0, 0.05) is 0 Å². The van der Waals surface area contributed by atoms with Crippen molar-refractivity contribution in [2.45, 2.75) is 77.6 Å². The summed E-state index contributed by atoms with van der Waals surface area (Å²) in [5, 5.41) is 3.72. The molecule has 3 rings (SSSR count). The van der Waals surface area contributed by atoms with Crippen LogP contribution < -0.4 is 5.32 Å². The molecule has 1 N–H and O–H groups in total. The zero-order valence-electron chi connectivity index (χ0n) is 12.9. The summed E-state index contributed by atoms with van der Waals surface area (Å²) in [5.41, 5.74) is 0.772. The molecule has 1 heteroatoms. The Morgan fingerprint density at radius 2 is 1.95 bits per heavy atom. The van der Waals surface area contributed by atoms with Crippen molar-refractivity contribution in [3.63, 3.8) is 0 Å². The van der Waals surface area contributed by atoms with Crippen molar-refractivity contribution in [3.05, 3.63) is 0 Å². The molecule has 4 unspecified atom stereocenters. The Hall–Kier alpha value is -0.0400. The quantitative estimate of drug-likeness (QED) is 0.653. The van der Waals surface area contributed by atoms with Gasteiger partial charge >= 0.3 is 0 Å². The fourth-order valence-electron chi connectivity index (χ4n) is 5.65. The average Bonchev–Trinajstić information content (AvgIpc) is 2.57. The molecule has 110 valence electrons. The fraction of sp³-hybridized carbons (Fsp3) is 1.00. The number of nitrogens with one attached hydrogen (secondary N) is 1. The molecule has 3 aliphatic carbocycles. The van der Waals surface area contributed by atoms with Crippen molar-refractivity contribution in [2.24, 2.45) is 23.2 Å². The Morgan fingerprint density at radius 3 is 2.84 bits per heavy atom. The lowest BCUT2D eigenvalue weighted by Gasteiger charge is -2.34. The number of rotatable bonds is 7. The molecule has 0 radical (unpaired) electrons. The minimum atomic E-state index is 0.772. The molecule has 3 fully saturated rings. The van der Waals surface area contributed by atoms with Gasteiger partial charge in [-0.25, -0.2) is 0 Å². The van der Waals surface area contributed by atoms with E-state index < -0.39 is 0 Å². The maximum Gasteiger partial charge on any atom is -0.00435 e. The van der Waals surface area contributed by atoms with E-state index in [0.29, 0.717) is 0 Å². The summed E-state index contributed by atoms with van der Waals surface area (Å²) in [6, 6.07) is 0. The second kappa shape index (κ2) is 6.16. The maximum atomic E-state index is 3.72. The zero-order chi connectivity index (χ0) is 13.1. The van der Waals surface area contributed by atoms with Crippen LogP contribution >= 0.6 is 0 Å². The van der Waals surface area contributed by atoms with Crippen molar-refractivity contribution in [2.75, 3.05) is 13.1 Å². The third kappa shape index (κ3) is 3.01. The Kier molecular flexibility index (Phi) is 4.51. The topological polar surface area (TPSA) is 12.0 Å². The first-order valence-electron chi connectivity index (χ1n) is 9.03. The van der Waals surface area contributed by atoms with Crippen LogP contribution in [0.1, 0.15) is 77.6 Å².